The molecule has 0 saturated carbocycles. The minimum Gasteiger partial charge on any atom is -0.454 e. The number of hydrogen-bond acceptors (Lipinski definition) is 3. The standard InChI is InChI=1S/C10H7IO3/c11-10(12)4-2-7-1-3-8-9(5-7)14-6-13-8/h1-5H,6H2/b4-2+. The van der Waals surface area contributed by atoms with E-state index in [9.17, 15) is 4.79 Å². The number of fused-ring (bicyclic) bond motifs is 1. The van der Waals surface area contributed by atoms with Crippen molar-refractivity contribution in [3.8, 4) is 11.5 Å². The van der Waals surface area contributed by atoms with Gasteiger partial charge in [0.25, 0.3) is 0 Å². The molecular weight excluding hydrogens is 295 g/mol. The van der Waals surface area contributed by atoms with Crippen LogP contribution in [0.5, 0.6) is 11.5 Å². The van der Waals surface area contributed by atoms with Crippen molar-refractivity contribution in [2.75, 3.05) is 6.79 Å². The van der Waals surface area contributed by atoms with Gasteiger partial charge >= 0.3 is 0 Å². The summed E-state index contributed by atoms with van der Waals surface area (Å²) in [5.41, 5.74) is 0.930. The molecule has 0 aliphatic carbocycles. The van der Waals surface area contributed by atoms with E-state index in [0.29, 0.717) is 0 Å². The van der Waals surface area contributed by atoms with Gasteiger partial charge in [0.15, 0.2) is 11.5 Å². The Balaban J connectivity index is 2.25. The summed E-state index contributed by atoms with van der Waals surface area (Å²) in [4.78, 5) is 10.7. The second-order valence-corrected chi connectivity index (χ2v) is 3.81. The Bertz CT molecular complexity index is 398. The van der Waals surface area contributed by atoms with Crippen LogP contribution >= 0.6 is 22.6 Å². The van der Waals surface area contributed by atoms with Crippen molar-refractivity contribution in [1.29, 1.82) is 0 Å². The van der Waals surface area contributed by atoms with E-state index in [1.807, 2.05) is 18.2 Å². The molecular formula is C10H7IO3. The first-order valence-electron chi connectivity index (χ1n) is 4.03. The predicted octanol–water partition coefficient (Wildman–Crippen LogP) is 2.39. The molecule has 1 aromatic rings. The number of allylic oxidation sites excluding steroid dienone is 1. The van der Waals surface area contributed by atoms with Crippen molar-refractivity contribution in [3.05, 3.63) is 29.8 Å². The van der Waals surface area contributed by atoms with Gasteiger partial charge in [-0.25, -0.2) is 0 Å². The zero-order chi connectivity index (χ0) is 9.97. The van der Waals surface area contributed by atoms with Gasteiger partial charge in [0.2, 0.25) is 10.6 Å². The fourth-order valence-corrected chi connectivity index (χ4v) is 1.36. The molecule has 1 aliphatic heterocycles. The fourth-order valence-electron chi connectivity index (χ4n) is 1.18. The largest absolute Gasteiger partial charge is 0.454 e. The molecule has 0 aromatic heterocycles. The molecule has 0 spiro atoms. The highest BCUT2D eigenvalue weighted by molar-refractivity contribution is 14.1. The summed E-state index contributed by atoms with van der Waals surface area (Å²) < 4.78 is 10.4. The van der Waals surface area contributed by atoms with Gasteiger partial charge in [0.1, 0.15) is 0 Å². The van der Waals surface area contributed by atoms with Crippen LogP contribution < -0.4 is 9.47 Å². The Morgan fingerprint density at radius 2 is 2.14 bits per heavy atom. The number of halogens is 1. The quantitative estimate of drug-likeness (QED) is 0.478. The lowest BCUT2D eigenvalue weighted by molar-refractivity contribution is -0.105. The first-order chi connectivity index (χ1) is 6.75. The first-order valence-corrected chi connectivity index (χ1v) is 5.11. The third kappa shape index (κ3) is 2.06. The maximum Gasteiger partial charge on any atom is 0.231 e. The summed E-state index contributed by atoms with van der Waals surface area (Å²) in [6.07, 6.45) is 3.26. The Kier molecular flexibility index (Phi) is 2.72. The van der Waals surface area contributed by atoms with Gasteiger partial charge in [-0.05, 0) is 23.8 Å². The van der Waals surface area contributed by atoms with E-state index in [4.69, 9.17) is 9.47 Å². The summed E-state index contributed by atoms with van der Waals surface area (Å²) in [5, 5.41) is 0. The Hall–Kier alpha value is -1.04. The van der Waals surface area contributed by atoms with Crippen LogP contribution in [0.2, 0.25) is 0 Å². The van der Waals surface area contributed by atoms with E-state index in [-0.39, 0.29) is 10.6 Å². The zero-order valence-electron chi connectivity index (χ0n) is 7.20. The molecule has 3 nitrogen and oxygen atoms in total. The van der Waals surface area contributed by atoms with Gasteiger partial charge in [-0.15, -0.1) is 0 Å². The minimum atomic E-state index is 0.000247. The van der Waals surface area contributed by atoms with E-state index >= 15 is 0 Å². The van der Waals surface area contributed by atoms with E-state index < -0.39 is 0 Å². The molecule has 0 atom stereocenters. The molecule has 0 amide bonds. The predicted molar refractivity (Wildman–Crippen MR) is 60.6 cm³/mol. The molecule has 72 valence electrons. The van der Waals surface area contributed by atoms with Gasteiger partial charge in [-0.3, -0.25) is 4.79 Å². The topological polar surface area (TPSA) is 35.5 Å². The van der Waals surface area contributed by atoms with Crippen LogP contribution in [0.4, 0.5) is 0 Å². The van der Waals surface area contributed by atoms with Crippen LogP contribution in [0.3, 0.4) is 0 Å². The number of carbonyl (C=O) groups excluding carboxylic acids is 1. The van der Waals surface area contributed by atoms with Crippen molar-refractivity contribution in [2.45, 2.75) is 0 Å². The molecule has 2 rings (SSSR count). The van der Waals surface area contributed by atoms with Gasteiger partial charge in [-0.1, -0.05) is 12.1 Å². The maximum atomic E-state index is 10.7. The fraction of sp³-hybridized carbons (Fsp3) is 0.100. The first kappa shape index (κ1) is 9.51. The maximum absolute atomic E-state index is 10.7. The summed E-state index contributed by atoms with van der Waals surface area (Å²) in [6.45, 7) is 0.272. The zero-order valence-corrected chi connectivity index (χ0v) is 9.35. The van der Waals surface area contributed by atoms with Gasteiger partial charge < -0.3 is 9.47 Å². The summed E-state index contributed by atoms with van der Waals surface area (Å²) in [5.74, 6) is 1.48. The second-order valence-electron chi connectivity index (χ2n) is 2.75. The number of benzene rings is 1. The molecule has 4 heteroatoms. The third-order valence-electron chi connectivity index (χ3n) is 1.80. The van der Waals surface area contributed by atoms with Crippen LogP contribution in [0.15, 0.2) is 24.3 Å². The van der Waals surface area contributed by atoms with Gasteiger partial charge in [-0.2, -0.15) is 0 Å². The molecule has 0 unspecified atom stereocenters. The molecule has 0 saturated heterocycles. The van der Waals surface area contributed by atoms with Crippen molar-refractivity contribution in [1.82, 2.24) is 0 Å². The lowest BCUT2D eigenvalue weighted by Gasteiger charge is -1.96. The summed E-state index contributed by atoms with van der Waals surface area (Å²) in [7, 11) is 0. The van der Waals surface area contributed by atoms with Crippen LogP contribution in [-0.2, 0) is 4.79 Å². The SMILES string of the molecule is O=C(I)/C=C/c1ccc2c(c1)OCO2. The van der Waals surface area contributed by atoms with Crippen LogP contribution in [0.25, 0.3) is 6.08 Å². The Morgan fingerprint density at radius 1 is 1.36 bits per heavy atom. The van der Waals surface area contributed by atoms with Crippen molar-refractivity contribution in [2.24, 2.45) is 0 Å². The lowest BCUT2D eigenvalue weighted by Crippen LogP contribution is -1.92. The smallest absolute Gasteiger partial charge is 0.231 e. The average Bonchev–Trinajstić information content (AvgIpc) is 2.61. The van der Waals surface area contributed by atoms with Crippen LogP contribution in [0.1, 0.15) is 5.56 Å². The summed E-state index contributed by atoms with van der Waals surface area (Å²) >= 11 is 1.72. The lowest BCUT2D eigenvalue weighted by atomic mass is 10.2. The monoisotopic (exact) mass is 302 g/mol. The van der Waals surface area contributed by atoms with E-state index in [0.717, 1.165) is 17.1 Å². The molecule has 1 heterocycles. The van der Waals surface area contributed by atoms with Crippen LogP contribution in [0, 0.1) is 0 Å². The summed E-state index contributed by atoms with van der Waals surface area (Å²) in [6, 6.07) is 5.56. The molecule has 1 aliphatic rings. The third-order valence-corrected chi connectivity index (χ3v) is 2.16. The van der Waals surface area contributed by atoms with Crippen molar-refractivity contribution in [3.63, 3.8) is 0 Å². The van der Waals surface area contributed by atoms with Gasteiger partial charge in [0, 0.05) is 22.6 Å². The Morgan fingerprint density at radius 3 is 2.93 bits per heavy atom. The molecule has 0 fully saturated rings. The second kappa shape index (κ2) is 4.00. The number of ether oxygens (including phenoxy) is 2. The highest BCUT2D eigenvalue weighted by Gasteiger charge is 2.11. The molecule has 0 bridgehead atoms. The van der Waals surface area contributed by atoms with Gasteiger partial charge in [0.05, 0.1) is 0 Å². The highest BCUT2D eigenvalue weighted by atomic mass is 127. The normalized spacial score (nSPS) is 13.5. The number of rotatable bonds is 2. The minimum absolute atomic E-state index is 0.000247. The van der Waals surface area contributed by atoms with E-state index in [2.05, 4.69) is 0 Å². The molecule has 0 N–H and O–H groups in total. The molecule has 0 radical (unpaired) electrons. The Labute approximate surface area is 94.8 Å². The van der Waals surface area contributed by atoms with Crippen LogP contribution in [-0.4, -0.2) is 10.6 Å². The number of carbonyl (C=O) groups is 1. The highest BCUT2D eigenvalue weighted by Crippen LogP contribution is 2.32. The number of hydrogen-bond donors (Lipinski definition) is 0. The average molecular weight is 302 g/mol. The van der Waals surface area contributed by atoms with Crippen molar-refractivity contribution >= 4 is 32.5 Å². The molecule has 14 heavy (non-hydrogen) atoms. The van der Waals surface area contributed by atoms with E-state index in [1.165, 1.54) is 6.08 Å². The molecule has 1 aromatic carbocycles. The van der Waals surface area contributed by atoms with E-state index in [1.54, 1.807) is 28.7 Å². The van der Waals surface area contributed by atoms with Crippen molar-refractivity contribution < 1.29 is 14.3 Å².